The van der Waals surface area contributed by atoms with Gasteiger partial charge >= 0.3 is 0 Å². The number of rotatable bonds is 4. The molecule has 1 aromatic heterocycles. The van der Waals surface area contributed by atoms with Crippen LogP contribution >= 0.6 is 0 Å². The maximum atomic E-state index is 12.4. The molecule has 2 N–H and O–H groups in total. The second-order valence-electron chi connectivity index (χ2n) is 5.73. The van der Waals surface area contributed by atoms with Crippen molar-refractivity contribution in [2.75, 3.05) is 6.54 Å². The lowest BCUT2D eigenvalue weighted by Gasteiger charge is -2.14. The molecule has 3 aromatic rings. The Morgan fingerprint density at radius 2 is 1.87 bits per heavy atom. The number of hydrogen-bond donors (Lipinski definition) is 2. The minimum absolute atomic E-state index is 0.184. The SMILES string of the molecule is Cc1ccccc1C(O)CNC(=O)c1cc2ccccc2n1C. The number of nitrogens with one attached hydrogen (secondary N) is 1. The van der Waals surface area contributed by atoms with Crippen molar-refractivity contribution in [3.63, 3.8) is 0 Å². The van der Waals surface area contributed by atoms with Crippen LogP contribution < -0.4 is 5.32 Å². The highest BCUT2D eigenvalue weighted by Crippen LogP contribution is 2.19. The van der Waals surface area contributed by atoms with Gasteiger partial charge in [-0.05, 0) is 30.2 Å². The van der Waals surface area contributed by atoms with E-state index in [1.807, 2.05) is 73.1 Å². The Morgan fingerprint density at radius 1 is 1.17 bits per heavy atom. The van der Waals surface area contributed by atoms with Gasteiger partial charge in [-0.1, -0.05) is 42.5 Å². The molecule has 1 amide bonds. The van der Waals surface area contributed by atoms with Gasteiger partial charge in [0.2, 0.25) is 0 Å². The fourth-order valence-corrected chi connectivity index (χ4v) is 2.86. The number of carbonyl (C=O) groups is 1. The summed E-state index contributed by atoms with van der Waals surface area (Å²) in [7, 11) is 1.87. The van der Waals surface area contributed by atoms with E-state index in [4.69, 9.17) is 0 Å². The molecule has 0 aliphatic carbocycles. The third-order valence-corrected chi connectivity index (χ3v) is 4.19. The molecule has 0 aliphatic heterocycles. The molecule has 4 nitrogen and oxygen atoms in total. The zero-order valence-electron chi connectivity index (χ0n) is 13.3. The zero-order valence-corrected chi connectivity index (χ0v) is 13.3. The van der Waals surface area contributed by atoms with E-state index in [-0.39, 0.29) is 12.5 Å². The maximum Gasteiger partial charge on any atom is 0.268 e. The van der Waals surface area contributed by atoms with Gasteiger partial charge in [0, 0.05) is 24.5 Å². The van der Waals surface area contributed by atoms with E-state index in [0.717, 1.165) is 22.0 Å². The number of aryl methyl sites for hydroxylation is 2. The predicted octanol–water partition coefficient (Wildman–Crippen LogP) is 2.95. The quantitative estimate of drug-likeness (QED) is 0.778. The van der Waals surface area contributed by atoms with E-state index in [2.05, 4.69) is 5.32 Å². The lowest BCUT2D eigenvalue weighted by atomic mass is 10.0. The average Bonchev–Trinajstić information content (AvgIpc) is 2.90. The van der Waals surface area contributed by atoms with E-state index in [1.165, 1.54) is 0 Å². The van der Waals surface area contributed by atoms with Gasteiger partial charge in [0.15, 0.2) is 0 Å². The van der Waals surface area contributed by atoms with Crippen molar-refractivity contribution in [1.29, 1.82) is 0 Å². The highest BCUT2D eigenvalue weighted by atomic mass is 16.3. The number of para-hydroxylation sites is 1. The van der Waals surface area contributed by atoms with Crippen LogP contribution in [0.5, 0.6) is 0 Å². The fraction of sp³-hybridized carbons (Fsp3) is 0.211. The molecular weight excluding hydrogens is 288 g/mol. The van der Waals surface area contributed by atoms with E-state index in [1.54, 1.807) is 0 Å². The Bertz CT molecular complexity index is 851. The predicted molar refractivity (Wildman–Crippen MR) is 91.4 cm³/mol. The highest BCUT2D eigenvalue weighted by Gasteiger charge is 2.15. The van der Waals surface area contributed by atoms with Gasteiger partial charge in [0.1, 0.15) is 5.69 Å². The lowest BCUT2D eigenvalue weighted by Crippen LogP contribution is -2.29. The van der Waals surface area contributed by atoms with Crippen LogP contribution in [0.15, 0.2) is 54.6 Å². The topological polar surface area (TPSA) is 54.3 Å². The van der Waals surface area contributed by atoms with Crippen molar-refractivity contribution >= 4 is 16.8 Å². The van der Waals surface area contributed by atoms with E-state index >= 15 is 0 Å². The van der Waals surface area contributed by atoms with Gasteiger partial charge in [-0.25, -0.2) is 0 Å². The molecule has 23 heavy (non-hydrogen) atoms. The third-order valence-electron chi connectivity index (χ3n) is 4.19. The maximum absolute atomic E-state index is 12.4. The standard InChI is InChI=1S/C19H20N2O2/c1-13-7-3-5-9-15(13)18(22)12-20-19(23)17-11-14-8-4-6-10-16(14)21(17)2/h3-11,18,22H,12H2,1-2H3,(H,20,23). The summed E-state index contributed by atoms with van der Waals surface area (Å²) in [5, 5.41) is 14.1. The van der Waals surface area contributed by atoms with Crippen LogP contribution in [-0.4, -0.2) is 22.1 Å². The van der Waals surface area contributed by atoms with Crippen molar-refractivity contribution < 1.29 is 9.90 Å². The first kappa shape index (κ1) is 15.3. The third kappa shape index (κ3) is 2.98. The number of aliphatic hydroxyl groups excluding tert-OH is 1. The van der Waals surface area contributed by atoms with Crippen molar-refractivity contribution in [3.05, 3.63) is 71.4 Å². The molecular formula is C19H20N2O2. The highest BCUT2D eigenvalue weighted by molar-refractivity contribution is 5.98. The van der Waals surface area contributed by atoms with Gasteiger partial charge in [-0.3, -0.25) is 4.79 Å². The van der Waals surface area contributed by atoms with E-state index < -0.39 is 6.10 Å². The number of aliphatic hydroxyl groups is 1. The Morgan fingerprint density at radius 3 is 2.61 bits per heavy atom. The first-order valence-corrected chi connectivity index (χ1v) is 7.64. The number of amides is 1. The smallest absolute Gasteiger partial charge is 0.268 e. The second-order valence-corrected chi connectivity index (χ2v) is 5.73. The molecule has 0 saturated heterocycles. The number of aromatic nitrogens is 1. The Hall–Kier alpha value is -2.59. The van der Waals surface area contributed by atoms with E-state index in [9.17, 15) is 9.90 Å². The zero-order chi connectivity index (χ0) is 16.4. The Labute approximate surface area is 135 Å². The summed E-state index contributed by atoms with van der Waals surface area (Å²) in [6.07, 6.45) is -0.713. The summed E-state index contributed by atoms with van der Waals surface area (Å²) >= 11 is 0. The summed E-state index contributed by atoms with van der Waals surface area (Å²) in [4.78, 5) is 12.4. The van der Waals surface area contributed by atoms with Crippen LogP contribution in [-0.2, 0) is 7.05 Å². The van der Waals surface area contributed by atoms with Crippen LogP contribution in [0, 0.1) is 6.92 Å². The van der Waals surface area contributed by atoms with Crippen molar-refractivity contribution in [2.45, 2.75) is 13.0 Å². The van der Waals surface area contributed by atoms with Crippen LogP contribution in [0.25, 0.3) is 10.9 Å². The van der Waals surface area contributed by atoms with Crippen LogP contribution in [0.4, 0.5) is 0 Å². The molecule has 0 fully saturated rings. The molecule has 0 saturated carbocycles. The van der Waals surface area contributed by atoms with Crippen LogP contribution in [0.3, 0.4) is 0 Å². The van der Waals surface area contributed by atoms with Crippen LogP contribution in [0.1, 0.15) is 27.7 Å². The van der Waals surface area contributed by atoms with Gasteiger partial charge in [-0.15, -0.1) is 0 Å². The molecule has 1 heterocycles. The molecule has 1 unspecified atom stereocenters. The summed E-state index contributed by atoms with van der Waals surface area (Å²) in [6.45, 7) is 2.13. The number of fused-ring (bicyclic) bond motifs is 1. The van der Waals surface area contributed by atoms with Crippen molar-refractivity contribution in [2.24, 2.45) is 7.05 Å². The molecule has 0 spiro atoms. The first-order chi connectivity index (χ1) is 11.1. The molecule has 0 aliphatic rings. The monoisotopic (exact) mass is 308 g/mol. The minimum Gasteiger partial charge on any atom is -0.387 e. The van der Waals surface area contributed by atoms with Gasteiger partial charge in [0.25, 0.3) is 5.91 Å². The van der Waals surface area contributed by atoms with Gasteiger partial charge < -0.3 is 15.0 Å². The number of carbonyl (C=O) groups excluding carboxylic acids is 1. The number of benzene rings is 2. The summed E-state index contributed by atoms with van der Waals surface area (Å²) in [5.74, 6) is -0.184. The minimum atomic E-state index is -0.713. The van der Waals surface area contributed by atoms with Crippen molar-refractivity contribution in [3.8, 4) is 0 Å². The Kier molecular flexibility index (Phi) is 4.17. The lowest BCUT2D eigenvalue weighted by molar-refractivity contribution is 0.0908. The normalized spacial score (nSPS) is 12.3. The molecule has 2 aromatic carbocycles. The molecule has 0 radical (unpaired) electrons. The second kappa shape index (κ2) is 6.26. The average molecular weight is 308 g/mol. The first-order valence-electron chi connectivity index (χ1n) is 7.64. The summed E-state index contributed by atoms with van der Waals surface area (Å²) < 4.78 is 1.87. The summed E-state index contributed by atoms with van der Waals surface area (Å²) in [6, 6.07) is 17.4. The van der Waals surface area contributed by atoms with E-state index in [0.29, 0.717) is 5.69 Å². The number of nitrogens with zero attached hydrogens (tertiary/aromatic N) is 1. The molecule has 4 heteroatoms. The largest absolute Gasteiger partial charge is 0.387 e. The molecule has 3 rings (SSSR count). The van der Waals surface area contributed by atoms with Gasteiger partial charge in [-0.2, -0.15) is 0 Å². The van der Waals surface area contributed by atoms with Crippen LogP contribution in [0.2, 0.25) is 0 Å². The van der Waals surface area contributed by atoms with Gasteiger partial charge in [0.05, 0.1) is 6.10 Å². The summed E-state index contributed by atoms with van der Waals surface area (Å²) in [5.41, 5.74) is 3.45. The Balaban J connectivity index is 1.74. The molecule has 1 atom stereocenters. The number of hydrogen-bond acceptors (Lipinski definition) is 2. The van der Waals surface area contributed by atoms with Crippen molar-refractivity contribution in [1.82, 2.24) is 9.88 Å². The fourth-order valence-electron chi connectivity index (χ4n) is 2.86. The molecule has 118 valence electrons. The molecule has 0 bridgehead atoms.